The molecule has 6 heteroatoms. The fraction of sp³-hybridized carbons (Fsp3) is 0.611. The quantitative estimate of drug-likeness (QED) is 0.904. The second-order valence-electron chi connectivity index (χ2n) is 7.24. The molecule has 0 bridgehead atoms. The number of morpholine rings is 1. The monoisotopic (exact) mass is 334 g/mol. The minimum Gasteiger partial charge on any atom is -0.378 e. The number of anilines is 1. The number of hydrogen-bond acceptors (Lipinski definition) is 3. The largest absolute Gasteiger partial charge is 0.378 e. The Kier molecular flexibility index (Phi) is 3.96. The van der Waals surface area contributed by atoms with E-state index in [1.165, 1.54) is 6.07 Å². The smallest absolute Gasteiger partial charge is 0.322 e. The van der Waals surface area contributed by atoms with Crippen LogP contribution in [0.15, 0.2) is 18.2 Å². The standard InChI is InChI=1S/C18H23FN2O3/c1-12-9-21(10-18(24-12)6-7-23-11-18)17(22)20-14-4-5-16(19)15(8-14)13-2-3-13/h4-5,8,12-13H,2-3,6-7,9-11H2,1H3,(H,20,22)/t12-,18+/m1/s1. The SMILES string of the molecule is C[C@@H]1CN(C(=O)Nc2ccc(F)c(C3CC3)c2)C[C@]2(CCOC2)O1. The number of benzene rings is 1. The predicted octanol–water partition coefficient (Wildman–Crippen LogP) is 3.11. The van der Waals surface area contributed by atoms with E-state index in [-0.39, 0.29) is 23.6 Å². The molecule has 1 spiro atoms. The van der Waals surface area contributed by atoms with E-state index in [0.717, 1.165) is 19.3 Å². The molecule has 0 aromatic heterocycles. The highest BCUT2D eigenvalue weighted by Crippen LogP contribution is 2.42. The number of amides is 2. The van der Waals surface area contributed by atoms with Crippen molar-refractivity contribution < 1.29 is 18.7 Å². The third kappa shape index (κ3) is 3.13. The second kappa shape index (κ2) is 6.01. The Morgan fingerprint density at radius 1 is 1.42 bits per heavy atom. The molecule has 5 nitrogen and oxygen atoms in total. The van der Waals surface area contributed by atoms with Crippen LogP contribution in [0.2, 0.25) is 0 Å². The molecule has 2 heterocycles. The van der Waals surface area contributed by atoms with Crippen LogP contribution in [0.3, 0.4) is 0 Å². The molecule has 2 saturated heterocycles. The van der Waals surface area contributed by atoms with Crippen LogP contribution in [0.1, 0.15) is 37.7 Å². The summed E-state index contributed by atoms with van der Waals surface area (Å²) in [6.07, 6.45) is 2.83. The van der Waals surface area contributed by atoms with Crippen molar-refractivity contribution in [3.8, 4) is 0 Å². The first-order valence-corrected chi connectivity index (χ1v) is 8.66. The van der Waals surface area contributed by atoms with Crippen molar-refractivity contribution in [3.05, 3.63) is 29.6 Å². The Morgan fingerprint density at radius 3 is 2.96 bits per heavy atom. The molecule has 1 aromatic rings. The van der Waals surface area contributed by atoms with Crippen molar-refractivity contribution in [3.63, 3.8) is 0 Å². The lowest BCUT2D eigenvalue weighted by atomic mass is 9.99. The van der Waals surface area contributed by atoms with Crippen LogP contribution in [-0.2, 0) is 9.47 Å². The number of hydrogen-bond donors (Lipinski definition) is 1. The average molecular weight is 334 g/mol. The van der Waals surface area contributed by atoms with Gasteiger partial charge in [0.15, 0.2) is 0 Å². The Balaban J connectivity index is 1.46. The Morgan fingerprint density at radius 2 is 2.25 bits per heavy atom. The zero-order chi connectivity index (χ0) is 16.7. The highest BCUT2D eigenvalue weighted by molar-refractivity contribution is 5.89. The van der Waals surface area contributed by atoms with Gasteiger partial charge in [-0.1, -0.05) is 0 Å². The summed E-state index contributed by atoms with van der Waals surface area (Å²) in [5.41, 5.74) is 0.986. The van der Waals surface area contributed by atoms with Crippen LogP contribution in [0.4, 0.5) is 14.9 Å². The van der Waals surface area contributed by atoms with Crippen LogP contribution >= 0.6 is 0 Å². The van der Waals surface area contributed by atoms with E-state index >= 15 is 0 Å². The number of carbonyl (C=O) groups is 1. The molecule has 1 N–H and O–H groups in total. The Labute approximate surface area is 141 Å². The van der Waals surface area contributed by atoms with Gasteiger partial charge in [-0.2, -0.15) is 0 Å². The molecule has 2 atom stereocenters. The molecule has 2 amide bonds. The van der Waals surface area contributed by atoms with Gasteiger partial charge in [0, 0.05) is 25.3 Å². The van der Waals surface area contributed by atoms with Crippen molar-refractivity contribution in [2.45, 2.75) is 43.8 Å². The Bertz CT molecular complexity index is 641. The van der Waals surface area contributed by atoms with Crippen molar-refractivity contribution >= 4 is 11.7 Å². The lowest BCUT2D eigenvalue weighted by Gasteiger charge is -2.42. The van der Waals surface area contributed by atoms with Gasteiger partial charge < -0.3 is 19.7 Å². The summed E-state index contributed by atoms with van der Waals surface area (Å²) in [7, 11) is 0. The van der Waals surface area contributed by atoms with Gasteiger partial charge in [-0.15, -0.1) is 0 Å². The normalized spacial score (nSPS) is 29.9. The lowest BCUT2D eigenvalue weighted by molar-refractivity contribution is -0.136. The van der Waals surface area contributed by atoms with Crippen LogP contribution in [0.25, 0.3) is 0 Å². The number of halogens is 1. The molecule has 3 fully saturated rings. The molecule has 2 aliphatic heterocycles. The molecule has 3 aliphatic rings. The van der Waals surface area contributed by atoms with Gasteiger partial charge in [0.2, 0.25) is 0 Å². The van der Waals surface area contributed by atoms with Crippen LogP contribution in [-0.4, -0.2) is 48.9 Å². The first-order valence-electron chi connectivity index (χ1n) is 8.66. The maximum Gasteiger partial charge on any atom is 0.322 e. The molecule has 0 radical (unpaired) electrons. The highest BCUT2D eigenvalue weighted by Gasteiger charge is 2.44. The average Bonchev–Trinajstić information content (AvgIpc) is 3.30. The third-order valence-corrected chi connectivity index (χ3v) is 5.03. The maximum atomic E-state index is 13.9. The number of urea groups is 1. The fourth-order valence-electron chi connectivity index (χ4n) is 3.72. The van der Waals surface area contributed by atoms with Gasteiger partial charge in [-0.3, -0.25) is 0 Å². The lowest BCUT2D eigenvalue weighted by Crippen LogP contribution is -2.57. The van der Waals surface area contributed by atoms with E-state index in [9.17, 15) is 9.18 Å². The third-order valence-electron chi connectivity index (χ3n) is 5.03. The van der Waals surface area contributed by atoms with E-state index in [2.05, 4.69) is 5.32 Å². The topological polar surface area (TPSA) is 50.8 Å². The van der Waals surface area contributed by atoms with E-state index in [4.69, 9.17) is 9.47 Å². The number of rotatable bonds is 2. The molecule has 130 valence electrons. The zero-order valence-electron chi connectivity index (χ0n) is 13.9. The van der Waals surface area contributed by atoms with Gasteiger partial charge in [0.1, 0.15) is 11.4 Å². The van der Waals surface area contributed by atoms with Crippen molar-refractivity contribution in [2.24, 2.45) is 0 Å². The van der Waals surface area contributed by atoms with Gasteiger partial charge >= 0.3 is 6.03 Å². The van der Waals surface area contributed by atoms with Crippen LogP contribution in [0, 0.1) is 5.82 Å². The number of nitrogens with zero attached hydrogens (tertiary/aromatic N) is 1. The van der Waals surface area contributed by atoms with Gasteiger partial charge in [0.25, 0.3) is 0 Å². The number of ether oxygens (including phenoxy) is 2. The maximum absolute atomic E-state index is 13.9. The molecule has 24 heavy (non-hydrogen) atoms. The van der Waals surface area contributed by atoms with Crippen molar-refractivity contribution in [1.29, 1.82) is 0 Å². The summed E-state index contributed by atoms with van der Waals surface area (Å²) in [6, 6.07) is 4.67. The summed E-state index contributed by atoms with van der Waals surface area (Å²) in [4.78, 5) is 14.4. The summed E-state index contributed by atoms with van der Waals surface area (Å²) < 4.78 is 25.4. The zero-order valence-corrected chi connectivity index (χ0v) is 13.9. The Hall–Kier alpha value is -1.66. The first-order chi connectivity index (χ1) is 11.5. The summed E-state index contributed by atoms with van der Waals surface area (Å²) in [5.74, 6) is 0.127. The molecule has 1 saturated carbocycles. The van der Waals surface area contributed by atoms with Crippen molar-refractivity contribution in [1.82, 2.24) is 4.90 Å². The predicted molar refractivity (Wildman–Crippen MR) is 87.7 cm³/mol. The molecule has 1 aromatic carbocycles. The molecular formula is C18H23FN2O3. The highest BCUT2D eigenvalue weighted by atomic mass is 19.1. The van der Waals surface area contributed by atoms with E-state index in [1.54, 1.807) is 17.0 Å². The summed E-state index contributed by atoms with van der Waals surface area (Å²) in [6.45, 7) is 4.25. The molecular weight excluding hydrogens is 311 g/mol. The minimum atomic E-state index is -0.378. The first kappa shape index (κ1) is 15.8. The molecule has 0 unspecified atom stereocenters. The summed E-state index contributed by atoms with van der Waals surface area (Å²) in [5, 5.41) is 2.91. The number of carbonyl (C=O) groups excluding carboxylic acids is 1. The van der Waals surface area contributed by atoms with E-state index in [1.807, 2.05) is 6.92 Å². The summed E-state index contributed by atoms with van der Waals surface area (Å²) >= 11 is 0. The van der Waals surface area contributed by atoms with Gasteiger partial charge in [-0.25, -0.2) is 9.18 Å². The number of nitrogens with one attached hydrogen (secondary N) is 1. The minimum absolute atomic E-state index is 0.0264. The molecule has 4 rings (SSSR count). The van der Waals surface area contributed by atoms with E-state index < -0.39 is 0 Å². The van der Waals surface area contributed by atoms with Crippen LogP contribution < -0.4 is 5.32 Å². The van der Waals surface area contributed by atoms with E-state index in [0.29, 0.717) is 43.5 Å². The van der Waals surface area contributed by atoms with Gasteiger partial charge in [-0.05, 0) is 49.4 Å². The van der Waals surface area contributed by atoms with Gasteiger partial charge in [0.05, 0.1) is 19.3 Å². The van der Waals surface area contributed by atoms with Crippen LogP contribution in [0.5, 0.6) is 0 Å². The van der Waals surface area contributed by atoms with Crippen molar-refractivity contribution in [2.75, 3.05) is 31.6 Å². The second-order valence-corrected chi connectivity index (χ2v) is 7.24. The molecule has 1 aliphatic carbocycles. The fourth-order valence-corrected chi connectivity index (χ4v) is 3.72.